The molecule has 0 spiro atoms. The molecule has 17 heavy (non-hydrogen) atoms. The van der Waals surface area contributed by atoms with Gasteiger partial charge in [-0.3, -0.25) is 9.78 Å². The first-order valence-corrected chi connectivity index (χ1v) is 5.90. The molecule has 94 valence electrons. The smallest absolute Gasteiger partial charge is 0.239 e. The lowest BCUT2D eigenvalue weighted by Gasteiger charge is -2.22. The summed E-state index contributed by atoms with van der Waals surface area (Å²) in [6.45, 7) is 4.71. The SMILES string of the molecule is CC(C)C[C@@H](N)C(=O)N(C)Cc1ccncc1. The van der Waals surface area contributed by atoms with E-state index in [4.69, 9.17) is 5.73 Å². The fraction of sp³-hybridized carbons (Fsp3) is 0.538. The molecule has 1 rings (SSSR count). The molecule has 0 fully saturated rings. The number of nitrogens with zero attached hydrogens (tertiary/aromatic N) is 2. The molecule has 0 saturated carbocycles. The van der Waals surface area contributed by atoms with Crippen molar-refractivity contribution in [1.29, 1.82) is 0 Å². The largest absolute Gasteiger partial charge is 0.340 e. The van der Waals surface area contributed by atoms with Crippen molar-refractivity contribution in [1.82, 2.24) is 9.88 Å². The molecule has 0 bridgehead atoms. The molecule has 4 nitrogen and oxygen atoms in total. The van der Waals surface area contributed by atoms with Crippen LogP contribution in [0.4, 0.5) is 0 Å². The standard InChI is InChI=1S/C13H21N3O/c1-10(2)8-12(14)13(17)16(3)9-11-4-6-15-7-5-11/h4-7,10,12H,8-9,14H2,1-3H3/t12-/m1/s1. The zero-order valence-electron chi connectivity index (χ0n) is 10.8. The first-order chi connectivity index (χ1) is 8.00. The molecule has 1 atom stereocenters. The number of carbonyl (C=O) groups is 1. The Morgan fingerprint density at radius 1 is 1.41 bits per heavy atom. The van der Waals surface area contributed by atoms with E-state index in [2.05, 4.69) is 18.8 Å². The molecule has 0 aromatic carbocycles. The summed E-state index contributed by atoms with van der Waals surface area (Å²) in [6.07, 6.45) is 4.17. The second kappa shape index (κ2) is 6.35. The van der Waals surface area contributed by atoms with Crippen LogP contribution in [0.3, 0.4) is 0 Å². The number of carbonyl (C=O) groups excluding carboxylic acids is 1. The fourth-order valence-corrected chi connectivity index (χ4v) is 1.73. The summed E-state index contributed by atoms with van der Waals surface area (Å²) >= 11 is 0. The lowest BCUT2D eigenvalue weighted by molar-refractivity contribution is -0.132. The molecule has 1 amide bonds. The minimum absolute atomic E-state index is 0.00416. The first kappa shape index (κ1) is 13.6. The highest BCUT2D eigenvalue weighted by Crippen LogP contribution is 2.07. The molecule has 1 aromatic rings. The number of aromatic nitrogens is 1. The number of rotatable bonds is 5. The normalized spacial score (nSPS) is 12.5. The third-order valence-electron chi connectivity index (χ3n) is 2.59. The Morgan fingerprint density at radius 3 is 2.53 bits per heavy atom. The number of amides is 1. The molecule has 0 unspecified atom stereocenters. The van der Waals surface area contributed by atoms with E-state index in [1.165, 1.54) is 0 Å². The minimum atomic E-state index is -0.401. The van der Waals surface area contributed by atoms with Gasteiger partial charge < -0.3 is 10.6 Å². The van der Waals surface area contributed by atoms with E-state index in [1.54, 1.807) is 24.3 Å². The van der Waals surface area contributed by atoms with Crippen molar-refractivity contribution in [2.24, 2.45) is 11.7 Å². The van der Waals surface area contributed by atoms with E-state index in [1.807, 2.05) is 12.1 Å². The molecule has 1 aromatic heterocycles. The van der Waals surface area contributed by atoms with E-state index in [0.29, 0.717) is 12.5 Å². The summed E-state index contributed by atoms with van der Waals surface area (Å²) in [4.78, 5) is 17.6. The predicted octanol–water partition coefficient (Wildman–Crippen LogP) is 1.41. The fourth-order valence-electron chi connectivity index (χ4n) is 1.73. The van der Waals surface area contributed by atoms with Gasteiger partial charge in [-0.25, -0.2) is 0 Å². The maximum absolute atomic E-state index is 12.0. The molecular formula is C13H21N3O. The number of hydrogen-bond donors (Lipinski definition) is 1. The summed E-state index contributed by atoms with van der Waals surface area (Å²) in [5.41, 5.74) is 6.93. The highest BCUT2D eigenvalue weighted by atomic mass is 16.2. The molecular weight excluding hydrogens is 214 g/mol. The van der Waals surface area contributed by atoms with Crippen molar-refractivity contribution in [2.75, 3.05) is 7.05 Å². The summed E-state index contributed by atoms with van der Waals surface area (Å²) in [6, 6.07) is 3.40. The Hall–Kier alpha value is -1.42. The van der Waals surface area contributed by atoms with Crippen molar-refractivity contribution < 1.29 is 4.79 Å². The van der Waals surface area contributed by atoms with Crippen molar-refractivity contribution in [2.45, 2.75) is 32.9 Å². The van der Waals surface area contributed by atoms with Crippen molar-refractivity contribution in [3.8, 4) is 0 Å². The molecule has 0 aliphatic rings. The Kier molecular flexibility index (Phi) is 5.10. The van der Waals surface area contributed by atoms with Gasteiger partial charge in [-0.1, -0.05) is 13.8 Å². The van der Waals surface area contributed by atoms with Gasteiger partial charge in [-0.15, -0.1) is 0 Å². The summed E-state index contributed by atoms with van der Waals surface area (Å²) in [5, 5.41) is 0. The maximum Gasteiger partial charge on any atom is 0.239 e. The van der Waals surface area contributed by atoms with Gasteiger partial charge >= 0.3 is 0 Å². The van der Waals surface area contributed by atoms with Crippen molar-refractivity contribution in [3.63, 3.8) is 0 Å². The number of nitrogens with two attached hydrogens (primary N) is 1. The van der Waals surface area contributed by atoms with Gasteiger partial charge in [0.25, 0.3) is 0 Å². The van der Waals surface area contributed by atoms with Crippen LogP contribution in [0.2, 0.25) is 0 Å². The quantitative estimate of drug-likeness (QED) is 0.839. The number of likely N-dealkylation sites (N-methyl/N-ethyl adjacent to an activating group) is 1. The van der Waals surface area contributed by atoms with Crippen LogP contribution in [0, 0.1) is 5.92 Å². The molecule has 1 heterocycles. The van der Waals surface area contributed by atoms with Gasteiger partial charge in [0, 0.05) is 26.0 Å². The second-order valence-corrected chi connectivity index (χ2v) is 4.79. The summed E-state index contributed by atoms with van der Waals surface area (Å²) in [5.74, 6) is 0.429. The van der Waals surface area contributed by atoms with Crippen molar-refractivity contribution in [3.05, 3.63) is 30.1 Å². The van der Waals surface area contributed by atoms with Crippen LogP contribution in [0.1, 0.15) is 25.8 Å². The Balaban J connectivity index is 2.52. The number of hydrogen-bond acceptors (Lipinski definition) is 3. The van der Waals surface area contributed by atoms with E-state index in [0.717, 1.165) is 12.0 Å². The second-order valence-electron chi connectivity index (χ2n) is 4.79. The van der Waals surface area contributed by atoms with Gasteiger partial charge in [0.1, 0.15) is 0 Å². The molecule has 0 aliphatic carbocycles. The van der Waals surface area contributed by atoms with Crippen LogP contribution >= 0.6 is 0 Å². The van der Waals surface area contributed by atoms with Gasteiger partial charge in [0.15, 0.2) is 0 Å². The molecule has 0 radical (unpaired) electrons. The van der Waals surface area contributed by atoms with Crippen molar-refractivity contribution >= 4 is 5.91 Å². The third kappa shape index (κ3) is 4.53. The topological polar surface area (TPSA) is 59.2 Å². The highest BCUT2D eigenvalue weighted by Gasteiger charge is 2.18. The van der Waals surface area contributed by atoms with Gasteiger partial charge in [-0.05, 0) is 30.0 Å². The van der Waals surface area contributed by atoms with E-state index in [-0.39, 0.29) is 5.91 Å². The average Bonchev–Trinajstić information content (AvgIpc) is 2.28. The van der Waals surface area contributed by atoms with E-state index < -0.39 is 6.04 Å². The van der Waals surface area contributed by atoms with E-state index >= 15 is 0 Å². The first-order valence-electron chi connectivity index (χ1n) is 5.90. The Labute approximate surface area is 103 Å². The molecule has 2 N–H and O–H groups in total. The Morgan fingerprint density at radius 2 is 2.00 bits per heavy atom. The lowest BCUT2D eigenvalue weighted by Crippen LogP contribution is -2.42. The molecule has 0 saturated heterocycles. The molecule has 4 heteroatoms. The Bertz CT molecular complexity index is 351. The van der Waals surface area contributed by atoms with Crippen LogP contribution in [-0.4, -0.2) is 28.9 Å². The third-order valence-corrected chi connectivity index (χ3v) is 2.59. The van der Waals surface area contributed by atoms with Crippen LogP contribution in [0.15, 0.2) is 24.5 Å². The van der Waals surface area contributed by atoms with Gasteiger partial charge in [0.05, 0.1) is 6.04 Å². The van der Waals surface area contributed by atoms with Gasteiger partial charge in [0.2, 0.25) is 5.91 Å². The van der Waals surface area contributed by atoms with Gasteiger partial charge in [-0.2, -0.15) is 0 Å². The maximum atomic E-state index is 12.0. The van der Waals surface area contributed by atoms with Crippen LogP contribution in [-0.2, 0) is 11.3 Å². The number of pyridine rings is 1. The van der Waals surface area contributed by atoms with E-state index in [9.17, 15) is 4.79 Å². The average molecular weight is 235 g/mol. The lowest BCUT2D eigenvalue weighted by atomic mass is 10.0. The minimum Gasteiger partial charge on any atom is -0.340 e. The van der Waals surface area contributed by atoms with Crippen LogP contribution in [0.25, 0.3) is 0 Å². The molecule has 0 aliphatic heterocycles. The highest BCUT2D eigenvalue weighted by molar-refractivity contribution is 5.81. The summed E-state index contributed by atoms with van der Waals surface area (Å²) < 4.78 is 0. The monoisotopic (exact) mass is 235 g/mol. The zero-order chi connectivity index (χ0) is 12.8. The zero-order valence-corrected chi connectivity index (χ0v) is 10.8. The van der Waals surface area contributed by atoms with Crippen LogP contribution < -0.4 is 5.73 Å². The summed E-state index contributed by atoms with van der Waals surface area (Å²) in [7, 11) is 1.78. The van der Waals surface area contributed by atoms with Crippen LogP contribution in [0.5, 0.6) is 0 Å². The predicted molar refractivity (Wildman–Crippen MR) is 68.1 cm³/mol.